The van der Waals surface area contributed by atoms with Crippen LogP contribution in [0.15, 0.2) is 78.9 Å². The first-order valence-electron chi connectivity index (χ1n) is 9.92. The molecule has 1 aliphatic rings. The Morgan fingerprint density at radius 3 is 2.41 bits per heavy atom. The molecule has 0 saturated heterocycles. The second kappa shape index (κ2) is 7.92. The van der Waals surface area contributed by atoms with E-state index in [1.54, 1.807) is 24.3 Å². The van der Waals surface area contributed by atoms with Crippen LogP contribution in [0.2, 0.25) is 0 Å². The molecule has 29 heavy (non-hydrogen) atoms. The van der Waals surface area contributed by atoms with E-state index in [1.165, 1.54) is 5.56 Å². The molecule has 4 nitrogen and oxygen atoms in total. The van der Waals surface area contributed by atoms with Crippen LogP contribution in [0.25, 0.3) is 0 Å². The highest BCUT2D eigenvalue weighted by molar-refractivity contribution is 6.09. The van der Waals surface area contributed by atoms with Crippen LogP contribution in [0.1, 0.15) is 51.7 Å². The number of nitrogens with zero attached hydrogens (tertiary/aromatic N) is 1. The van der Waals surface area contributed by atoms with Crippen molar-refractivity contribution in [1.29, 1.82) is 0 Å². The Morgan fingerprint density at radius 1 is 0.931 bits per heavy atom. The van der Waals surface area contributed by atoms with Crippen molar-refractivity contribution in [2.75, 3.05) is 4.90 Å². The largest absolute Gasteiger partial charge is 0.346 e. The summed E-state index contributed by atoms with van der Waals surface area (Å²) in [5, 5.41) is 3.01. The minimum Gasteiger partial charge on any atom is -0.346 e. The Morgan fingerprint density at radius 2 is 1.62 bits per heavy atom. The maximum absolute atomic E-state index is 13.2. The van der Waals surface area contributed by atoms with Gasteiger partial charge in [0, 0.05) is 22.9 Å². The van der Waals surface area contributed by atoms with E-state index < -0.39 is 0 Å². The molecule has 4 heteroatoms. The normalized spacial score (nSPS) is 16.2. The SMILES string of the molecule is CC(NC(=O)c1cccc(C(=O)N2c3ccccc3CC2C)c1)c1ccccc1. The zero-order valence-electron chi connectivity index (χ0n) is 16.6. The molecule has 3 aromatic carbocycles. The van der Waals surface area contributed by atoms with Crippen LogP contribution in [-0.2, 0) is 6.42 Å². The minimum absolute atomic E-state index is 0.0757. The lowest BCUT2D eigenvalue weighted by atomic mass is 10.1. The van der Waals surface area contributed by atoms with Gasteiger partial charge in [0.2, 0.25) is 0 Å². The lowest BCUT2D eigenvalue weighted by molar-refractivity contribution is 0.0940. The van der Waals surface area contributed by atoms with E-state index in [9.17, 15) is 9.59 Å². The average Bonchev–Trinajstić information content (AvgIpc) is 3.09. The third-order valence-corrected chi connectivity index (χ3v) is 5.44. The molecule has 2 unspecified atom stereocenters. The van der Waals surface area contributed by atoms with Crippen molar-refractivity contribution in [2.24, 2.45) is 0 Å². The van der Waals surface area contributed by atoms with Crippen LogP contribution in [-0.4, -0.2) is 17.9 Å². The summed E-state index contributed by atoms with van der Waals surface area (Å²) in [6.45, 7) is 4.00. The molecule has 146 valence electrons. The van der Waals surface area contributed by atoms with Gasteiger partial charge in [0.25, 0.3) is 11.8 Å². The highest BCUT2D eigenvalue weighted by atomic mass is 16.2. The summed E-state index contributed by atoms with van der Waals surface area (Å²) in [6, 6.07) is 24.7. The van der Waals surface area contributed by atoms with E-state index in [1.807, 2.05) is 60.4 Å². The lowest BCUT2D eigenvalue weighted by Gasteiger charge is -2.23. The predicted molar refractivity (Wildman–Crippen MR) is 115 cm³/mol. The van der Waals surface area contributed by atoms with Crippen LogP contribution in [0.5, 0.6) is 0 Å². The highest BCUT2D eigenvalue weighted by Crippen LogP contribution is 2.33. The molecular weight excluding hydrogens is 360 g/mol. The fraction of sp³-hybridized carbons (Fsp3) is 0.200. The Bertz CT molecular complexity index is 1050. The van der Waals surface area contributed by atoms with Gasteiger partial charge in [-0.1, -0.05) is 54.6 Å². The predicted octanol–water partition coefficient (Wildman–Crippen LogP) is 4.77. The van der Waals surface area contributed by atoms with Crippen molar-refractivity contribution in [3.63, 3.8) is 0 Å². The molecule has 3 aromatic rings. The molecular formula is C25H24N2O2. The average molecular weight is 384 g/mol. The van der Waals surface area contributed by atoms with E-state index in [-0.39, 0.29) is 23.9 Å². The fourth-order valence-corrected chi connectivity index (χ4v) is 3.91. The zero-order valence-corrected chi connectivity index (χ0v) is 16.6. The first-order chi connectivity index (χ1) is 14.0. The van der Waals surface area contributed by atoms with Crippen LogP contribution < -0.4 is 10.2 Å². The molecule has 0 radical (unpaired) electrons. The third-order valence-electron chi connectivity index (χ3n) is 5.44. The number of benzene rings is 3. The number of hydrogen-bond donors (Lipinski definition) is 1. The number of para-hydroxylation sites is 1. The second-order valence-corrected chi connectivity index (χ2v) is 7.54. The third kappa shape index (κ3) is 3.79. The van der Waals surface area contributed by atoms with Gasteiger partial charge in [-0.15, -0.1) is 0 Å². The molecule has 0 aliphatic carbocycles. The minimum atomic E-state index is -0.189. The van der Waals surface area contributed by atoms with Gasteiger partial charge in [-0.3, -0.25) is 9.59 Å². The van der Waals surface area contributed by atoms with Gasteiger partial charge in [0.05, 0.1) is 6.04 Å². The first kappa shape index (κ1) is 18.9. The summed E-state index contributed by atoms with van der Waals surface area (Å²) in [5.41, 5.74) is 4.18. The van der Waals surface area contributed by atoms with Crippen molar-refractivity contribution >= 4 is 17.5 Å². The number of anilines is 1. The number of hydrogen-bond acceptors (Lipinski definition) is 2. The van der Waals surface area contributed by atoms with Crippen LogP contribution in [0, 0.1) is 0 Å². The maximum atomic E-state index is 13.2. The van der Waals surface area contributed by atoms with Crippen molar-refractivity contribution in [3.05, 3.63) is 101 Å². The Hall–Kier alpha value is -3.40. The molecule has 2 atom stereocenters. The first-order valence-corrected chi connectivity index (χ1v) is 9.92. The standard InChI is InChI=1S/C25H24N2O2/c1-17-15-20-11-6-7-14-23(20)27(17)25(29)22-13-8-12-21(16-22)24(28)26-18(2)19-9-4-3-5-10-19/h3-14,16-18H,15H2,1-2H3,(H,26,28). The van der Waals surface area contributed by atoms with Gasteiger partial charge >= 0.3 is 0 Å². The quantitative estimate of drug-likeness (QED) is 0.704. The van der Waals surface area contributed by atoms with Crippen LogP contribution in [0.3, 0.4) is 0 Å². The van der Waals surface area contributed by atoms with Gasteiger partial charge in [0.1, 0.15) is 0 Å². The van der Waals surface area contributed by atoms with Crippen molar-refractivity contribution in [3.8, 4) is 0 Å². The molecule has 0 bridgehead atoms. The Kier molecular flexibility index (Phi) is 5.17. The summed E-state index contributed by atoms with van der Waals surface area (Å²) in [4.78, 5) is 27.8. The van der Waals surface area contributed by atoms with Gasteiger partial charge in [0.15, 0.2) is 0 Å². The molecule has 1 aliphatic heterocycles. The molecule has 0 fully saturated rings. The monoisotopic (exact) mass is 384 g/mol. The number of fused-ring (bicyclic) bond motifs is 1. The van der Waals surface area contributed by atoms with E-state index in [2.05, 4.69) is 18.3 Å². The fourth-order valence-electron chi connectivity index (χ4n) is 3.91. The van der Waals surface area contributed by atoms with Crippen molar-refractivity contribution in [2.45, 2.75) is 32.4 Å². The number of nitrogens with one attached hydrogen (secondary N) is 1. The van der Waals surface area contributed by atoms with E-state index in [0.717, 1.165) is 17.7 Å². The Balaban J connectivity index is 1.54. The Labute approximate surface area is 171 Å². The van der Waals surface area contributed by atoms with Gasteiger partial charge in [-0.25, -0.2) is 0 Å². The summed E-state index contributed by atoms with van der Waals surface area (Å²) < 4.78 is 0. The molecule has 2 amide bonds. The molecule has 0 saturated carbocycles. The van der Waals surface area contributed by atoms with Crippen LogP contribution >= 0.6 is 0 Å². The van der Waals surface area contributed by atoms with E-state index in [4.69, 9.17) is 0 Å². The molecule has 1 N–H and O–H groups in total. The summed E-state index contributed by atoms with van der Waals surface area (Å²) in [7, 11) is 0. The summed E-state index contributed by atoms with van der Waals surface area (Å²) >= 11 is 0. The number of amides is 2. The number of carbonyl (C=O) groups excluding carboxylic acids is 2. The highest BCUT2D eigenvalue weighted by Gasteiger charge is 2.31. The smallest absolute Gasteiger partial charge is 0.258 e. The molecule has 0 spiro atoms. The number of carbonyl (C=O) groups is 2. The topological polar surface area (TPSA) is 49.4 Å². The molecule has 0 aromatic heterocycles. The summed E-state index contributed by atoms with van der Waals surface area (Å²) in [5.74, 6) is -0.265. The zero-order chi connectivity index (χ0) is 20.4. The maximum Gasteiger partial charge on any atom is 0.258 e. The van der Waals surface area contributed by atoms with E-state index in [0.29, 0.717) is 11.1 Å². The lowest BCUT2D eigenvalue weighted by Crippen LogP contribution is -2.36. The van der Waals surface area contributed by atoms with Gasteiger partial charge < -0.3 is 10.2 Å². The molecule has 4 rings (SSSR count). The van der Waals surface area contributed by atoms with Gasteiger partial charge in [-0.2, -0.15) is 0 Å². The van der Waals surface area contributed by atoms with E-state index >= 15 is 0 Å². The van der Waals surface area contributed by atoms with Crippen LogP contribution in [0.4, 0.5) is 5.69 Å². The molecule has 1 heterocycles. The summed E-state index contributed by atoms with van der Waals surface area (Å²) in [6.07, 6.45) is 0.844. The van der Waals surface area contributed by atoms with Gasteiger partial charge in [-0.05, 0) is 55.7 Å². The van der Waals surface area contributed by atoms with Crippen molar-refractivity contribution in [1.82, 2.24) is 5.32 Å². The van der Waals surface area contributed by atoms with Crippen molar-refractivity contribution < 1.29 is 9.59 Å². The second-order valence-electron chi connectivity index (χ2n) is 7.54. The number of rotatable bonds is 4.